The molecule has 1 unspecified atom stereocenters. The first-order chi connectivity index (χ1) is 8.99. The number of aliphatic carboxylic acids is 1. The zero-order chi connectivity index (χ0) is 14.3. The fourth-order valence-corrected chi connectivity index (χ4v) is 1.92. The van der Waals surface area contributed by atoms with Gasteiger partial charge in [0, 0.05) is 6.42 Å². The Labute approximate surface area is 113 Å². The molecule has 0 aromatic heterocycles. The fourth-order valence-electron chi connectivity index (χ4n) is 1.92. The number of carboxylic acid groups (broad SMARTS) is 1. The van der Waals surface area contributed by atoms with E-state index in [1.54, 1.807) is 0 Å². The van der Waals surface area contributed by atoms with Crippen molar-refractivity contribution in [2.45, 2.75) is 39.2 Å². The second kappa shape index (κ2) is 7.56. The normalized spacial score (nSPS) is 12.2. The Morgan fingerprint density at radius 2 is 1.79 bits per heavy atom. The lowest BCUT2D eigenvalue weighted by molar-refractivity contribution is -0.139. The quantitative estimate of drug-likeness (QED) is 0.795. The summed E-state index contributed by atoms with van der Waals surface area (Å²) in [6, 6.07) is 9.71. The smallest absolute Gasteiger partial charge is 0.303 e. The molecule has 0 aliphatic carbocycles. The molecule has 1 aromatic rings. The number of nitrogens with one attached hydrogen (secondary N) is 1. The minimum Gasteiger partial charge on any atom is -0.481 e. The maximum Gasteiger partial charge on any atom is 0.303 e. The molecule has 0 fully saturated rings. The van der Waals surface area contributed by atoms with Crippen LogP contribution >= 0.6 is 0 Å². The molecule has 0 heterocycles. The van der Waals surface area contributed by atoms with Gasteiger partial charge in [-0.05, 0) is 17.9 Å². The molecule has 0 saturated carbocycles. The summed E-state index contributed by atoms with van der Waals surface area (Å²) in [6.45, 7) is 4.19. The number of carbonyl (C=O) groups excluding carboxylic acids is 1. The summed E-state index contributed by atoms with van der Waals surface area (Å²) in [7, 11) is 0. The third-order valence-corrected chi connectivity index (χ3v) is 2.81. The van der Waals surface area contributed by atoms with Crippen LogP contribution in [0.5, 0.6) is 0 Å². The number of benzene rings is 1. The first kappa shape index (κ1) is 15.2. The van der Waals surface area contributed by atoms with Gasteiger partial charge in [0.2, 0.25) is 5.91 Å². The van der Waals surface area contributed by atoms with Gasteiger partial charge in [-0.3, -0.25) is 9.59 Å². The van der Waals surface area contributed by atoms with E-state index in [0.29, 0.717) is 5.92 Å². The van der Waals surface area contributed by atoms with Gasteiger partial charge in [0.1, 0.15) is 0 Å². The van der Waals surface area contributed by atoms with Gasteiger partial charge >= 0.3 is 5.97 Å². The van der Waals surface area contributed by atoms with Gasteiger partial charge in [-0.15, -0.1) is 0 Å². The average Bonchev–Trinajstić information content (AvgIpc) is 2.36. The number of amides is 1. The van der Waals surface area contributed by atoms with Crippen LogP contribution in [0.2, 0.25) is 0 Å². The summed E-state index contributed by atoms with van der Waals surface area (Å²) in [5, 5.41) is 11.5. The number of carboxylic acids is 1. The van der Waals surface area contributed by atoms with Gasteiger partial charge < -0.3 is 10.4 Å². The molecule has 0 bridgehead atoms. The van der Waals surface area contributed by atoms with Gasteiger partial charge in [0.25, 0.3) is 0 Å². The summed E-state index contributed by atoms with van der Waals surface area (Å²) in [5.74, 6) is -0.711. The molecule has 0 aliphatic rings. The highest BCUT2D eigenvalue weighted by Crippen LogP contribution is 2.21. The first-order valence-electron chi connectivity index (χ1n) is 6.55. The van der Waals surface area contributed by atoms with E-state index in [1.807, 2.05) is 30.3 Å². The van der Waals surface area contributed by atoms with E-state index >= 15 is 0 Å². The molecule has 0 spiro atoms. The maximum atomic E-state index is 11.7. The van der Waals surface area contributed by atoms with Crippen LogP contribution in [0, 0.1) is 5.92 Å². The summed E-state index contributed by atoms with van der Waals surface area (Å²) in [4.78, 5) is 22.2. The molecule has 0 saturated heterocycles. The molecule has 1 atom stereocenters. The molecule has 4 nitrogen and oxygen atoms in total. The van der Waals surface area contributed by atoms with E-state index < -0.39 is 5.97 Å². The minimum absolute atomic E-state index is 0.0246. The Balaban J connectivity index is 2.65. The number of hydrogen-bond donors (Lipinski definition) is 2. The summed E-state index contributed by atoms with van der Waals surface area (Å²) in [5.41, 5.74) is 1.06. The zero-order valence-corrected chi connectivity index (χ0v) is 11.4. The van der Waals surface area contributed by atoms with Crippen molar-refractivity contribution in [3.8, 4) is 0 Å². The van der Waals surface area contributed by atoms with Gasteiger partial charge in [-0.2, -0.15) is 0 Å². The van der Waals surface area contributed by atoms with E-state index in [4.69, 9.17) is 5.11 Å². The Hall–Kier alpha value is -1.84. The molecule has 1 rings (SSSR count). The van der Waals surface area contributed by atoms with Crippen LogP contribution in [0.1, 0.15) is 44.7 Å². The average molecular weight is 263 g/mol. The van der Waals surface area contributed by atoms with Crippen LogP contribution in [0.15, 0.2) is 30.3 Å². The Kier molecular flexibility index (Phi) is 6.06. The van der Waals surface area contributed by atoms with E-state index in [0.717, 1.165) is 12.0 Å². The number of hydrogen-bond acceptors (Lipinski definition) is 2. The lowest BCUT2D eigenvalue weighted by Gasteiger charge is -2.21. The SMILES string of the molecule is CC(C)CC(NC(=O)CCC(=O)O)c1ccccc1. The first-order valence-corrected chi connectivity index (χ1v) is 6.55. The summed E-state index contributed by atoms with van der Waals surface area (Å²) in [6.07, 6.45) is 0.731. The van der Waals surface area contributed by atoms with Crippen molar-refractivity contribution in [3.05, 3.63) is 35.9 Å². The van der Waals surface area contributed by atoms with Gasteiger partial charge in [-0.25, -0.2) is 0 Å². The molecular weight excluding hydrogens is 242 g/mol. The fraction of sp³-hybridized carbons (Fsp3) is 0.467. The van der Waals surface area contributed by atoms with Crippen molar-refractivity contribution in [3.63, 3.8) is 0 Å². The molecule has 19 heavy (non-hydrogen) atoms. The van der Waals surface area contributed by atoms with Gasteiger partial charge in [0.05, 0.1) is 12.5 Å². The second-order valence-electron chi connectivity index (χ2n) is 5.05. The predicted molar refractivity (Wildman–Crippen MR) is 73.7 cm³/mol. The molecule has 1 amide bonds. The second-order valence-corrected chi connectivity index (χ2v) is 5.05. The van der Waals surface area contributed by atoms with E-state index in [2.05, 4.69) is 19.2 Å². The van der Waals surface area contributed by atoms with Crippen molar-refractivity contribution >= 4 is 11.9 Å². The summed E-state index contributed by atoms with van der Waals surface area (Å²) >= 11 is 0. The lowest BCUT2D eigenvalue weighted by Crippen LogP contribution is -2.29. The maximum absolute atomic E-state index is 11.7. The number of rotatable bonds is 7. The lowest BCUT2D eigenvalue weighted by atomic mass is 9.97. The van der Waals surface area contributed by atoms with Crippen molar-refractivity contribution in [2.24, 2.45) is 5.92 Å². The monoisotopic (exact) mass is 263 g/mol. The Morgan fingerprint density at radius 1 is 1.16 bits per heavy atom. The van der Waals surface area contributed by atoms with Crippen LogP contribution in [0.4, 0.5) is 0 Å². The van der Waals surface area contributed by atoms with E-state index in [-0.39, 0.29) is 24.8 Å². The van der Waals surface area contributed by atoms with Crippen molar-refractivity contribution < 1.29 is 14.7 Å². The van der Waals surface area contributed by atoms with Gasteiger partial charge in [0.15, 0.2) is 0 Å². The Bertz CT molecular complexity index is 415. The third kappa shape index (κ3) is 6.04. The highest BCUT2D eigenvalue weighted by molar-refractivity contribution is 5.80. The van der Waals surface area contributed by atoms with Crippen LogP contribution in [-0.4, -0.2) is 17.0 Å². The zero-order valence-electron chi connectivity index (χ0n) is 11.4. The van der Waals surface area contributed by atoms with E-state index in [9.17, 15) is 9.59 Å². The van der Waals surface area contributed by atoms with Crippen molar-refractivity contribution in [1.29, 1.82) is 0 Å². The third-order valence-electron chi connectivity index (χ3n) is 2.81. The molecule has 104 valence electrons. The number of carbonyl (C=O) groups is 2. The molecule has 2 N–H and O–H groups in total. The van der Waals surface area contributed by atoms with Crippen LogP contribution in [-0.2, 0) is 9.59 Å². The van der Waals surface area contributed by atoms with Gasteiger partial charge in [-0.1, -0.05) is 44.2 Å². The Morgan fingerprint density at radius 3 is 2.32 bits per heavy atom. The molecule has 1 aromatic carbocycles. The van der Waals surface area contributed by atoms with Crippen LogP contribution in [0.3, 0.4) is 0 Å². The molecular formula is C15H21NO3. The topological polar surface area (TPSA) is 66.4 Å². The molecule has 4 heteroatoms. The minimum atomic E-state index is -0.949. The highest BCUT2D eigenvalue weighted by Gasteiger charge is 2.16. The molecule has 0 aliphatic heterocycles. The predicted octanol–water partition coefficient (Wildman–Crippen LogP) is 2.75. The highest BCUT2D eigenvalue weighted by atomic mass is 16.4. The standard InChI is InChI=1S/C15H21NO3/c1-11(2)10-13(12-6-4-3-5-7-12)16-14(17)8-9-15(18)19/h3-7,11,13H,8-10H2,1-2H3,(H,16,17)(H,18,19). The summed E-state index contributed by atoms with van der Waals surface area (Å²) < 4.78 is 0. The largest absolute Gasteiger partial charge is 0.481 e. The van der Waals surface area contributed by atoms with E-state index in [1.165, 1.54) is 0 Å². The van der Waals surface area contributed by atoms with Crippen LogP contribution < -0.4 is 5.32 Å². The molecule has 0 radical (unpaired) electrons. The van der Waals surface area contributed by atoms with Crippen molar-refractivity contribution in [1.82, 2.24) is 5.32 Å². The van der Waals surface area contributed by atoms with Crippen molar-refractivity contribution in [2.75, 3.05) is 0 Å². The van der Waals surface area contributed by atoms with Crippen LogP contribution in [0.25, 0.3) is 0 Å².